The Hall–Kier alpha value is -0.740. The molecular weight excluding hydrogens is 667 g/mol. The summed E-state index contributed by atoms with van der Waals surface area (Å²) in [5.41, 5.74) is 3.79. The summed E-state index contributed by atoms with van der Waals surface area (Å²) >= 11 is 0. The van der Waals surface area contributed by atoms with Crippen molar-refractivity contribution in [2.45, 2.75) is 53.1 Å². The number of ether oxygens (including phenoxy) is 3. The molecule has 266 valence electrons. The Morgan fingerprint density at radius 3 is 1.42 bits per heavy atom. The predicted octanol–water partition coefficient (Wildman–Crippen LogP) is 6.35. The molecule has 0 amide bonds. The first-order valence-electron chi connectivity index (χ1n) is 16.2. The van der Waals surface area contributed by atoms with E-state index in [1.54, 1.807) is 0 Å². The van der Waals surface area contributed by atoms with E-state index in [2.05, 4.69) is 89.0 Å². The fourth-order valence-corrected chi connectivity index (χ4v) is 7.86. The normalized spacial score (nSPS) is 9.98. The summed E-state index contributed by atoms with van der Waals surface area (Å²) in [4.78, 5) is 0. The van der Waals surface area contributed by atoms with Gasteiger partial charge in [0.05, 0.1) is 45.5 Å². The maximum atomic E-state index is 12.1. The molecule has 0 radical (unpaired) electrons. The van der Waals surface area contributed by atoms with Crippen LogP contribution in [0.2, 0.25) is 0 Å². The van der Waals surface area contributed by atoms with Gasteiger partial charge in [0.15, 0.2) is 17.4 Å². The molecular formula is C37H63AlLiO6P3. The molecule has 6 nitrogen and oxygen atoms in total. The van der Waals surface area contributed by atoms with E-state index in [0.29, 0.717) is 19.4 Å². The minimum absolute atomic E-state index is 0. The van der Waals surface area contributed by atoms with Crippen molar-refractivity contribution in [1.82, 2.24) is 0 Å². The Balaban J connectivity index is -0.000000294. The molecule has 0 bridgehead atoms. The van der Waals surface area contributed by atoms with Crippen LogP contribution in [0.25, 0.3) is 0 Å². The van der Waals surface area contributed by atoms with Crippen molar-refractivity contribution in [3.8, 4) is 0 Å². The average Bonchev–Trinajstić information content (AvgIpc) is 3.07. The van der Waals surface area contributed by atoms with Crippen LogP contribution in [0.15, 0.2) is 104 Å². The molecule has 0 heterocycles. The van der Waals surface area contributed by atoms with Crippen molar-refractivity contribution in [3.05, 3.63) is 121 Å². The molecule has 1 unspecified atom stereocenters. The first kappa shape index (κ1) is 51.6. The zero-order chi connectivity index (χ0) is 34.1. The van der Waals surface area contributed by atoms with Crippen molar-refractivity contribution in [2.24, 2.45) is 0 Å². The standard InChI is InChI=1S/C15H25O2P.C11H17O3P.C7H9P.C4H8O.Al.Li.4H/c1-3-16-10-12-18(13-11-17-4-2)14-15-8-6-5-7-9-15;1-3-13-15(12,14-4-2)10-11-8-6-5-7-9-11;8-6-7-4-2-1-3-5-7;1-3-5-4-2;;;;;;/h5-9H,3-4,10-14H2,1-2H3;5-9H,3-4,10H2,1-2H3;1-5H,6,8H2;3H,1,4H2,2H3;;;;;;/q;;;;;+1;;;;-1. The van der Waals surface area contributed by atoms with Gasteiger partial charge in [0.2, 0.25) is 0 Å². The first-order valence-corrected chi connectivity index (χ1v) is 20.7. The third-order valence-electron chi connectivity index (χ3n) is 5.99. The van der Waals surface area contributed by atoms with Gasteiger partial charge in [-0.1, -0.05) is 105 Å². The molecule has 11 heteroatoms. The van der Waals surface area contributed by atoms with Crippen LogP contribution in [-0.4, -0.2) is 75.9 Å². The smallest absolute Gasteiger partial charge is 1.00 e. The SMILES string of the molecule is C=COCC.CCOCCP(CCOCC)Cc1ccccc1.CCOP(=O)(Cc1ccccc1)OCC.PCc1ccccc1.[AlH3].[H-].[Li+]. The van der Waals surface area contributed by atoms with Crippen molar-refractivity contribution < 1.29 is 48.1 Å². The van der Waals surface area contributed by atoms with Crippen molar-refractivity contribution in [1.29, 1.82) is 0 Å². The molecule has 3 aromatic rings. The second-order valence-corrected chi connectivity index (χ2v) is 14.6. The van der Waals surface area contributed by atoms with E-state index in [-0.39, 0.29) is 45.6 Å². The van der Waals surface area contributed by atoms with E-state index in [1.165, 1.54) is 35.9 Å². The zero-order valence-electron chi connectivity index (χ0n) is 30.9. The van der Waals surface area contributed by atoms with Crippen molar-refractivity contribution in [2.75, 3.05) is 58.6 Å². The van der Waals surface area contributed by atoms with Crippen LogP contribution in [0.3, 0.4) is 0 Å². The predicted molar refractivity (Wildman–Crippen MR) is 214 cm³/mol. The van der Waals surface area contributed by atoms with Gasteiger partial charge in [-0.2, -0.15) is 0 Å². The van der Waals surface area contributed by atoms with Gasteiger partial charge in [0, 0.05) is 13.2 Å². The number of benzene rings is 3. The van der Waals surface area contributed by atoms with Crippen LogP contribution in [0.5, 0.6) is 0 Å². The zero-order valence-corrected chi connectivity index (χ0v) is 32.8. The van der Waals surface area contributed by atoms with E-state index >= 15 is 0 Å². The second-order valence-electron chi connectivity index (χ2n) is 9.56. The molecule has 0 saturated heterocycles. The molecule has 0 saturated carbocycles. The van der Waals surface area contributed by atoms with E-state index in [4.69, 9.17) is 18.5 Å². The van der Waals surface area contributed by atoms with E-state index < -0.39 is 7.60 Å². The van der Waals surface area contributed by atoms with Crippen LogP contribution in [0, 0.1) is 0 Å². The number of hydrogen-bond acceptors (Lipinski definition) is 6. The number of rotatable bonds is 19. The monoisotopic (exact) mass is 730 g/mol. The minimum atomic E-state index is -2.94. The Morgan fingerprint density at radius 2 is 1.10 bits per heavy atom. The summed E-state index contributed by atoms with van der Waals surface area (Å²) in [6.07, 6.45) is 6.39. The molecule has 1 atom stereocenters. The topological polar surface area (TPSA) is 63.2 Å². The summed E-state index contributed by atoms with van der Waals surface area (Å²) in [7, 11) is -0.258. The second kappa shape index (κ2) is 37.5. The molecule has 0 aliphatic heterocycles. The van der Waals surface area contributed by atoms with Gasteiger partial charge >= 0.3 is 26.5 Å². The molecule has 0 N–H and O–H groups in total. The van der Waals surface area contributed by atoms with Gasteiger partial charge in [0.1, 0.15) is 0 Å². The average molecular weight is 731 g/mol. The maximum Gasteiger partial charge on any atom is 1.00 e. The Bertz CT molecular complexity index is 1100. The Kier molecular flexibility index (Phi) is 40.3. The molecule has 0 fully saturated rings. The third-order valence-corrected chi connectivity index (χ3v) is 11.0. The van der Waals surface area contributed by atoms with Gasteiger partial charge in [0.25, 0.3) is 0 Å². The van der Waals surface area contributed by atoms with Crippen LogP contribution >= 0.6 is 24.8 Å². The molecule has 0 aromatic heterocycles. The van der Waals surface area contributed by atoms with Gasteiger partial charge < -0.3 is 24.7 Å². The summed E-state index contributed by atoms with van der Waals surface area (Å²) in [6, 6.07) is 30.7. The molecule has 0 spiro atoms. The van der Waals surface area contributed by atoms with Gasteiger partial charge in [-0.3, -0.25) is 4.57 Å². The quantitative estimate of drug-likeness (QED) is 0.0620. The van der Waals surface area contributed by atoms with E-state index in [1.807, 2.05) is 57.2 Å². The van der Waals surface area contributed by atoms with Crippen LogP contribution < -0.4 is 18.9 Å². The number of hydrogen-bond donors (Lipinski definition) is 0. The van der Waals surface area contributed by atoms with Crippen LogP contribution in [0.4, 0.5) is 0 Å². The molecule has 3 aromatic carbocycles. The fourth-order valence-electron chi connectivity index (χ4n) is 3.85. The fraction of sp³-hybridized carbons (Fsp3) is 0.459. The molecule has 48 heavy (non-hydrogen) atoms. The van der Waals surface area contributed by atoms with Crippen molar-refractivity contribution in [3.63, 3.8) is 0 Å². The van der Waals surface area contributed by atoms with Crippen LogP contribution in [-0.2, 0) is 46.3 Å². The maximum absolute atomic E-state index is 12.1. The van der Waals surface area contributed by atoms with Gasteiger partial charge in [-0.05, 0) is 76.0 Å². The van der Waals surface area contributed by atoms with Crippen molar-refractivity contribution >= 4 is 42.1 Å². The van der Waals surface area contributed by atoms with Gasteiger partial charge in [-0.15, -0.1) is 9.24 Å². The molecule has 0 aliphatic rings. The van der Waals surface area contributed by atoms with E-state index in [0.717, 1.165) is 44.8 Å². The Morgan fingerprint density at radius 1 is 0.688 bits per heavy atom. The molecule has 3 rings (SSSR count). The molecule has 0 aliphatic carbocycles. The summed E-state index contributed by atoms with van der Waals surface area (Å²) in [5.74, 6) is 0. The summed E-state index contributed by atoms with van der Waals surface area (Å²) in [5, 5.41) is 0. The van der Waals surface area contributed by atoms with E-state index in [9.17, 15) is 4.57 Å². The van der Waals surface area contributed by atoms with Crippen LogP contribution in [0.1, 0.15) is 52.7 Å². The summed E-state index contributed by atoms with van der Waals surface area (Å²) in [6.45, 7) is 17.9. The summed E-state index contributed by atoms with van der Waals surface area (Å²) < 4.78 is 38.1. The first-order chi connectivity index (χ1) is 22.4. The largest absolute Gasteiger partial charge is 1.00 e. The minimum Gasteiger partial charge on any atom is -1.00 e. The van der Waals surface area contributed by atoms with Gasteiger partial charge in [-0.25, -0.2) is 0 Å². The third kappa shape index (κ3) is 30.1. The Labute approximate surface area is 320 Å².